The fourth-order valence-corrected chi connectivity index (χ4v) is 2.48. The number of nitrogens with two attached hydrogens (primary N) is 1. The van der Waals surface area contributed by atoms with E-state index in [1.807, 2.05) is 32.0 Å². The Balaban J connectivity index is 2.75. The smallest absolute Gasteiger partial charge is 0.0593 e. The Kier molecular flexibility index (Phi) is 9.63. The Bertz CT molecular complexity index is 380. The molecule has 0 amide bonds. The van der Waals surface area contributed by atoms with Crippen LogP contribution in [0, 0.1) is 0 Å². The summed E-state index contributed by atoms with van der Waals surface area (Å²) in [6.45, 7) is 9.04. The third-order valence-corrected chi connectivity index (χ3v) is 3.59. The van der Waals surface area contributed by atoms with Gasteiger partial charge in [0.1, 0.15) is 0 Å². The molecule has 0 saturated heterocycles. The molecule has 120 valence electrons. The Hall–Kier alpha value is -0.650. The zero-order valence-corrected chi connectivity index (χ0v) is 13.8. The normalized spacial score (nSPS) is 12.8. The summed E-state index contributed by atoms with van der Waals surface area (Å²) in [5.41, 5.74) is 7.13. The number of benzene rings is 1. The highest BCUT2D eigenvalue weighted by Gasteiger charge is 2.19. The molecular formula is C16H27ClN2O2. The van der Waals surface area contributed by atoms with Gasteiger partial charge in [0.15, 0.2) is 0 Å². The minimum absolute atomic E-state index is 0.129. The second-order valence-corrected chi connectivity index (χ2v) is 5.17. The van der Waals surface area contributed by atoms with Crippen molar-refractivity contribution in [3.05, 3.63) is 34.9 Å². The number of rotatable bonds is 11. The highest BCUT2D eigenvalue weighted by molar-refractivity contribution is 6.30. The molecule has 2 N–H and O–H groups in total. The van der Waals surface area contributed by atoms with Crippen LogP contribution in [0.25, 0.3) is 0 Å². The molecule has 0 aliphatic carbocycles. The van der Waals surface area contributed by atoms with Crippen molar-refractivity contribution in [2.75, 3.05) is 46.1 Å². The average molecular weight is 315 g/mol. The first-order chi connectivity index (χ1) is 10.2. The van der Waals surface area contributed by atoms with Crippen LogP contribution >= 0.6 is 11.6 Å². The summed E-state index contributed by atoms with van der Waals surface area (Å²) in [6, 6.07) is 8.02. The zero-order valence-electron chi connectivity index (χ0n) is 13.1. The molecule has 1 rings (SSSR count). The molecule has 1 aromatic carbocycles. The predicted octanol–water partition coefficient (Wildman–Crippen LogP) is 2.71. The first-order valence-electron chi connectivity index (χ1n) is 7.58. The van der Waals surface area contributed by atoms with Crippen molar-refractivity contribution >= 4 is 11.6 Å². The van der Waals surface area contributed by atoms with Gasteiger partial charge in [-0.2, -0.15) is 0 Å². The standard InChI is InChI=1S/C16H27ClN2O2/c1-3-20-10-8-19(9-11-21-4-2)16(13-18)14-6-5-7-15(17)12-14/h5-7,12,16H,3-4,8-11,13,18H2,1-2H3. The summed E-state index contributed by atoms with van der Waals surface area (Å²) in [4.78, 5) is 2.30. The van der Waals surface area contributed by atoms with E-state index in [9.17, 15) is 0 Å². The van der Waals surface area contributed by atoms with Crippen molar-refractivity contribution in [2.45, 2.75) is 19.9 Å². The van der Waals surface area contributed by atoms with Crippen molar-refractivity contribution in [1.82, 2.24) is 4.90 Å². The van der Waals surface area contributed by atoms with E-state index in [0.29, 0.717) is 19.8 Å². The molecule has 0 aliphatic rings. The van der Waals surface area contributed by atoms with E-state index >= 15 is 0 Å². The van der Waals surface area contributed by atoms with Gasteiger partial charge in [-0.05, 0) is 31.5 Å². The maximum atomic E-state index is 6.10. The fourth-order valence-electron chi connectivity index (χ4n) is 2.29. The molecule has 5 heteroatoms. The quantitative estimate of drug-likeness (QED) is 0.638. The van der Waals surface area contributed by atoms with Crippen LogP contribution in [0.1, 0.15) is 25.5 Å². The molecule has 21 heavy (non-hydrogen) atoms. The van der Waals surface area contributed by atoms with Crippen molar-refractivity contribution in [3.8, 4) is 0 Å². The van der Waals surface area contributed by atoms with E-state index < -0.39 is 0 Å². The molecule has 1 atom stereocenters. The summed E-state index contributed by atoms with van der Waals surface area (Å²) in [5.74, 6) is 0. The second-order valence-electron chi connectivity index (χ2n) is 4.74. The zero-order chi connectivity index (χ0) is 15.5. The van der Waals surface area contributed by atoms with Crippen LogP contribution in [0.5, 0.6) is 0 Å². The van der Waals surface area contributed by atoms with Crippen LogP contribution in [0.2, 0.25) is 5.02 Å². The van der Waals surface area contributed by atoms with E-state index in [1.54, 1.807) is 0 Å². The van der Waals surface area contributed by atoms with E-state index in [1.165, 1.54) is 0 Å². The molecular weight excluding hydrogens is 288 g/mol. The number of ether oxygens (including phenoxy) is 2. The van der Waals surface area contributed by atoms with E-state index in [2.05, 4.69) is 11.0 Å². The molecule has 0 fully saturated rings. The third kappa shape index (κ3) is 6.76. The van der Waals surface area contributed by atoms with Gasteiger partial charge in [-0.15, -0.1) is 0 Å². The van der Waals surface area contributed by atoms with Crippen LogP contribution in [-0.4, -0.2) is 51.0 Å². The summed E-state index contributed by atoms with van der Waals surface area (Å²) >= 11 is 6.10. The summed E-state index contributed by atoms with van der Waals surface area (Å²) < 4.78 is 11.0. The Labute approximate surface area is 133 Å². The van der Waals surface area contributed by atoms with Crippen molar-refractivity contribution in [1.29, 1.82) is 0 Å². The maximum Gasteiger partial charge on any atom is 0.0593 e. The summed E-state index contributed by atoms with van der Waals surface area (Å²) in [5, 5.41) is 0.737. The third-order valence-electron chi connectivity index (χ3n) is 3.35. The fraction of sp³-hybridized carbons (Fsp3) is 0.625. The number of halogens is 1. The van der Waals surface area contributed by atoms with Crippen LogP contribution in [0.4, 0.5) is 0 Å². The van der Waals surface area contributed by atoms with Crippen molar-refractivity contribution in [3.63, 3.8) is 0 Å². The predicted molar refractivity (Wildman–Crippen MR) is 87.8 cm³/mol. The first kappa shape index (κ1) is 18.4. The largest absolute Gasteiger partial charge is 0.380 e. The Morgan fingerprint density at radius 1 is 1.14 bits per heavy atom. The molecule has 4 nitrogen and oxygen atoms in total. The minimum atomic E-state index is 0.129. The molecule has 0 saturated carbocycles. The lowest BCUT2D eigenvalue weighted by atomic mass is 10.1. The maximum absolute atomic E-state index is 6.10. The molecule has 1 unspecified atom stereocenters. The van der Waals surface area contributed by atoms with Gasteiger partial charge in [0, 0.05) is 43.9 Å². The Morgan fingerprint density at radius 2 is 1.76 bits per heavy atom. The molecule has 0 aromatic heterocycles. The lowest BCUT2D eigenvalue weighted by molar-refractivity contribution is 0.0640. The van der Waals surface area contributed by atoms with Gasteiger partial charge in [0.25, 0.3) is 0 Å². The molecule has 0 aliphatic heterocycles. The lowest BCUT2D eigenvalue weighted by Crippen LogP contribution is -2.38. The van der Waals surface area contributed by atoms with Gasteiger partial charge in [0.2, 0.25) is 0 Å². The van der Waals surface area contributed by atoms with Gasteiger partial charge in [-0.3, -0.25) is 4.90 Å². The van der Waals surface area contributed by atoms with E-state index in [0.717, 1.165) is 36.9 Å². The number of nitrogens with zero attached hydrogens (tertiary/aromatic N) is 1. The van der Waals surface area contributed by atoms with Gasteiger partial charge in [0.05, 0.1) is 13.2 Å². The van der Waals surface area contributed by atoms with Crippen LogP contribution in [-0.2, 0) is 9.47 Å². The Morgan fingerprint density at radius 3 is 2.24 bits per heavy atom. The first-order valence-corrected chi connectivity index (χ1v) is 7.95. The van der Waals surface area contributed by atoms with Crippen LogP contribution in [0.3, 0.4) is 0 Å². The summed E-state index contributed by atoms with van der Waals surface area (Å²) in [7, 11) is 0. The highest BCUT2D eigenvalue weighted by atomic mass is 35.5. The number of hydrogen-bond donors (Lipinski definition) is 1. The molecule has 0 spiro atoms. The van der Waals surface area contributed by atoms with Gasteiger partial charge in [-0.25, -0.2) is 0 Å². The van der Waals surface area contributed by atoms with E-state index in [-0.39, 0.29) is 6.04 Å². The topological polar surface area (TPSA) is 47.7 Å². The van der Waals surface area contributed by atoms with Gasteiger partial charge < -0.3 is 15.2 Å². The SMILES string of the molecule is CCOCCN(CCOCC)C(CN)c1cccc(Cl)c1. The van der Waals surface area contributed by atoms with Gasteiger partial charge >= 0.3 is 0 Å². The lowest BCUT2D eigenvalue weighted by Gasteiger charge is -2.31. The van der Waals surface area contributed by atoms with Crippen molar-refractivity contribution in [2.24, 2.45) is 5.73 Å². The molecule has 1 aromatic rings. The van der Waals surface area contributed by atoms with Crippen LogP contribution in [0.15, 0.2) is 24.3 Å². The second kappa shape index (κ2) is 11.0. The minimum Gasteiger partial charge on any atom is -0.380 e. The summed E-state index contributed by atoms with van der Waals surface area (Å²) in [6.07, 6.45) is 0. The van der Waals surface area contributed by atoms with Crippen LogP contribution < -0.4 is 5.73 Å². The molecule has 0 radical (unpaired) electrons. The van der Waals surface area contributed by atoms with Gasteiger partial charge in [-0.1, -0.05) is 23.7 Å². The number of hydrogen-bond acceptors (Lipinski definition) is 4. The van der Waals surface area contributed by atoms with Crippen molar-refractivity contribution < 1.29 is 9.47 Å². The monoisotopic (exact) mass is 314 g/mol. The average Bonchev–Trinajstić information content (AvgIpc) is 2.48. The van der Waals surface area contributed by atoms with E-state index in [4.69, 9.17) is 26.8 Å². The molecule has 0 heterocycles. The highest BCUT2D eigenvalue weighted by Crippen LogP contribution is 2.22. The molecule has 0 bridgehead atoms.